The van der Waals surface area contributed by atoms with Gasteiger partial charge in [0.25, 0.3) is 5.91 Å². The van der Waals surface area contributed by atoms with Gasteiger partial charge in [0.1, 0.15) is 16.9 Å². The second-order valence-corrected chi connectivity index (χ2v) is 7.41. The van der Waals surface area contributed by atoms with E-state index in [2.05, 4.69) is 26.6 Å². The Balaban J connectivity index is 2.06. The Labute approximate surface area is 139 Å². The van der Waals surface area contributed by atoms with Crippen LogP contribution >= 0.6 is 38.9 Å². The van der Waals surface area contributed by atoms with Crippen LogP contribution in [0.3, 0.4) is 0 Å². The van der Waals surface area contributed by atoms with Gasteiger partial charge in [-0.2, -0.15) is 0 Å². The van der Waals surface area contributed by atoms with Crippen LogP contribution in [0.4, 0.5) is 5.00 Å². The Bertz CT molecular complexity index is 760. The van der Waals surface area contributed by atoms with Gasteiger partial charge in [-0.05, 0) is 31.5 Å². The lowest BCUT2D eigenvalue weighted by Gasteiger charge is -2.27. The highest BCUT2D eigenvalue weighted by Crippen LogP contribution is 2.41. The summed E-state index contributed by atoms with van der Waals surface area (Å²) >= 11 is 10.9. The fraction of sp³-hybridized carbons (Fsp3) is 0.214. The minimum absolute atomic E-state index is 0.0360. The highest BCUT2D eigenvalue weighted by Gasteiger charge is 2.30. The van der Waals surface area contributed by atoms with Gasteiger partial charge in [-0.3, -0.25) is 4.79 Å². The minimum atomic E-state index is -0.516. The van der Waals surface area contributed by atoms with Gasteiger partial charge < -0.3 is 15.7 Å². The zero-order valence-electron chi connectivity index (χ0n) is 11.3. The van der Waals surface area contributed by atoms with Crippen molar-refractivity contribution in [3.05, 3.63) is 43.2 Å². The topological polar surface area (TPSA) is 61.4 Å². The van der Waals surface area contributed by atoms with Gasteiger partial charge in [0.05, 0.1) is 10.6 Å². The van der Waals surface area contributed by atoms with Crippen LogP contribution in [0.25, 0.3) is 0 Å². The van der Waals surface area contributed by atoms with Crippen LogP contribution in [0.2, 0.25) is 5.02 Å². The zero-order chi connectivity index (χ0) is 15.3. The predicted octanol–water partition coefficient (Wildman–Crippen LogP) is 4.34. The standard InChI is InChI=1S/C14H12BrClN2O2S/c1-5-6(2)21-14-10(5)13(20)17-12(18-14)8-3-7(15)4-9(16)11(8)19/h3-4,12,18-19H,1-2H3,(H,17,20). The fourth-order valence-corrected chi connectivity index (χ4v) is 4.25. The highest BCUT2D eigenvalue weighted by molar-refractivity contribution is 9.10. The molecule has 1 aliphatic heterocycles. The second-order valence-electron chi connectivity index (χ2n) is 4.86. The van der Waals surface area contributed by atoms with Crippen LogP contribution in [-0.2, 0) is 0 Å². The van der Waals surface area contributed by atoms with Gasteiger partial charge >= 0.3 is 0 Å². The first-order valence-electron chi connectivity index (χ1n) is 6.23. The van der Waals surface area contributed by atoms with Crippen molar-refractivity contribution in [2.24, 2.45) is 0 Å². The lowest BCUT2D eigenvalue weighted by atomic mass is 10.1. The largest absolute Gasteiger partial charge is 0.506 e. The third kappa shape index (κ3) is 2.41. The number of nitrogens with one attached hydrogen (secondary N) is 2. The van der Waals surface area contributed by atoms with Crippen molar-refractivity contribution >= 4 is 49.8 Å². The lowest BCUT2D eigenvalue weighted by molar-refractivity contribution is 0.0935. The molecule has 1 aliphatic rings. The minimum Gasteiger partial charge on any atom is -0.506 e. The summed E-state index contributed by atoms with van der Waals surface area (Å²) in [5, 5.41) is 17.3. The van der Waals surface area contributed by atoms with Crippen molar-refractivity contribution in [2.45, 2.75) is 20.0 Å². The molecule has 0 fully saturated rings. The molecule has 3 rings (SSSR count). The van der Waals surface area contributed by atoms with Crippen molar-refractivity contribution < 1.29 is 9.90 Å². The molecule has 0 spiro atoms. The number of amides is 1. The SMILES string of the molecule is Cc1sc2c(c1C)C(=O)NC(c1cc(Br)cc(Cl)c1O)N2. The van der Waals surface area contributed by atoms with Crippen LogP contribution < -0.4 is 10.6 Å². The van der Waals surface area contributed by atoms with E-state index in [-0.39, 0.29) is 16.7 Å². The molecule has 4 nitrogen and oxygen atoms in total. The summed E-state index contributed by atoms with van der Waals surface area (Å²) in [6.07, 6.45) is -0.516. The van der Waals surface area contributed by atoms with Gasteiger partial charge in [0.2, 0.25) is 0 Å². The summed E-state index contributed by atoms with van der Waals surface area (Å²) in [6, 6.07) is 3.34. The molecule has 1 unspecified atom stereocenters. The number of hydrogen-bond acceptors (Lipinski definition) is 4. The van der Waals surface area contributed by atoms with Crippen LogP contribution in [0.1, 0.15) is 32.5 Å². The molecule has 21 heavy (non-hydrogen) atoms. The first kappa shape index (κ1) is 14.7. The number of hydrogen-bond donors (Lipinski definition) is 3. The number of phenolic OH excluding ortho intramolecular Hbond substituents is 1. The number of thiophene rings is 1. The summed E-state index contributed by atoms with van der Waals surface area (Å²) in [5.74, 6) is -0.183. The van der Waals surface area contributed by atoms with E-state index >= 15 is 0 Å². The van der Waals surface area contributed by atoms with Crippen molar-refractivity contribution in [1.29, 1.82) is 0 Å². The molecule has 1 amide bonds. The van der Waals surface area contributed by atoms with Crippen LogP contribution in [0, 0.1) is 13.8 Å². The number of carbonyl (C=O) groups excluding carboxylic acids is 1. The molecular formula is C14H12BrClN2O2S. The smallest absolute Gasteiger partial charge is 0.256 e. The Hall–Kier alpha value is -1.24. The van der Waals surface area contributed by atoms with Crippen molar-refractivity contribution in [2.75, 3.05) is 5.32 Å². The summed E-state index contributed by atoms with van der Waals surface area (Å²) in [5.41, 5.74) is 2.18. The Morgan fingerprint density at radius 1 is 1.33 bits per heavy atom. The molecule has 0 saturated carbocycles. The number of phenols is 1. The molecule has 0 aliphatic carbocycles. The molecule has 0 bridgehead atoms. The van der Waals surface area contributed by atoms with Crippen molar-refractivity contribution in [3.63, 3.8) is 0 Å². The van der Waals surface area contributed by atoms with Gasteiger partial charge in [-0.1, -0.05) is 27.5 Å². The van der Waals surface area contributed by atoms with E-state index in [1.807, 2.05) is 13.8 Å². The average molecular weight is 388 g/mol. The molecular weight excluding hydrogens is 376 g/mol. The number of rotatable bonds is 1. The first-order chi connectivity index (χ1) is 9.88. The monoisotopic (exact) mass is 386 g/mol. The number of aromatic hydroxyl groups is 1. The molecule has 7 heteroatoms. The predicted molar refractivity (Wildman–Crippen MR) is 88.4 cm³/mol. The number of benzene rings is 1. The van der Waals surface area contributed by atoms with E-state index < -0.39 is 6.17 Å². The summed E-state index contributed by atoms with van der Waals surface area (Å²) in [7, 11) is 0. The number of anilines is 1. The molecule has 2 aromatic rings. The van der Waals surface area contributed by atoms with Crippen LogP contribution in [0.5, 0.6) is 5.75 Å². The number of carbonyl (C=O) groups is 1. The molecule has 1 aromatic heterocycles. The van der Waals surface area contributed by atoms with E-state index in [1.165, 1.54) is 11.3 Å². The molecule has 2 heterocycles. The third-order valence-electron chi connectivity index (χ3n) is 3.53. The number of aryl methyl sites for hydroxylation is 1. The lowest BCUT2D eigenvalue weighted by Crippen LogP contribution is -2.38. The molecule has 1 aromatic carbocycles. The maximum absolute atomic E-state index is 12.3. The summed E-state index contributed by atoms with van der Waals surface area (Å²) < 4.78 is 0.737. The van der Waals surface area contributed by atoms with Crippen molar-refractivity contribution in [1.82, 2.24) is 5.32 Å². The maximum Gasteiger partial charge on any atom is 0.256 e. The van der Waals surface area contributed by atoms with Crippen LogP contribution in [0.15, 0.2) is 16.6 Å². The maximum atomic E-state index is 12.3. The van der Waals surface area contributed by atoms with E-state index in [0.717, 1.165) is 19.9 Å². The third-order valence-corrected chi connectivity index (χ3v) is 5.42. The average Bonchev–Trinajstić information content (AvgIpc) is 2.69. The molecule has 0 saturated heterocycles. The van der Waals surface area contributed by atoms with Gasteiger partial charge in [-0.25, -0.2) is 0 Å². The Kier molecular flexibility index (Phi) is 3.63. The Morgan fingerprint density at radius 2 is 2.05 bits per heavy atom. The first-order valence-corrected chi connectivity index (χ1v) is 8.22. The van der Waals surface area contributed by atoms with Gasteiger partial charge in [0.15, 0.2) is 0 Å². The molecule has 0 radical (unpaired) electrons. The van der Waals surface area contributed by atoms with Crippen LogP contribution in [-0.4, -0.2) is 11.0 Å². The van der Waals surface area contributed by atoms with E-state index in [1.54, 1.807) is 12.1 Å². The Morgan fingerprint density at radius 3 is 2.76 bits per heavy atom. The fourth-order valence-electron chi connectivity index (χ4n) is 2.33. The van der Waals surface area contributed by atoms with E-state index in [4.69, 9.17) is 11.6 Å². The molecule has 1 atom stereocenters. The molecule has 3 N–H and O–H groups in total. The van der Waals surface area contributed by atoms with Gasteiger partial charge in [-0.15, -0.1) is 11.3 Å². The number of fused-ring (bicyclic) bond motifs is 1. The zero-order valence-corrected chi connectivity index (χ0v) is 14.4. The van der Waals surface area contributed by atoms with E-state index in [0.29, 0.717) is 11.1 Å². The highest BCUT2D eigenvalue weighted by atomic mass is 79.9. The van der Waals surface area contributed by atoms with E-state index in [9.17, 15) is 9.90 Å². The van der Waals surface area contributed by atoms with Gasteiger partial charge in [0, 0.05) is 14.9 Å². The summed E-state index contributed by atoms with van der Waals surface area (Å²) in [6.45, 7) is 3.91. The quantitative estimate of drug-likeness (QED) is 0.682. The second kappa shape index (κ2) is 5.19. The number of halogens is 2. The normalized spacial score (nSPS) is 17.1. The molecule has 110 valence electrons. The summed E-state index contributed by atoms with van der Waals surface area (Å²) in [4.78, 5) is 13.4. The van der Waals surface area contributed by atoms with Crippen molar-refractivity contribution in [3.8, 4) is 5.75 Å².